The molecule has 1 aliphatic heterocycles. The Balaban J connectivity index is 1.65. The van der Waals surface area contributed by atoms with E-state index in [1.807, 2.05) is 30.3 Å². The first-order valence-electron chi connectivity index (χ1n) is 7.49. The fourth-order valence-corrected chi connectivity index (χ4v) is 2.69. The van der Waals surface area contributed by atoms with Crippen LogP contribution in [0.5, 0.6) is 5.75 Å². The quantitative estimate of drug-likeness (QED) is 0.868. The Kier molecular flexibility index (Phi) is 4.37. The van der Waals surface area contributed by atoms with Crippen LogP contribution < -0.4 is 4.74 Å². The van der Waals surface area contributed by atoms with E-state index in [1.165, 1.54) is 24.3 Å². The molecule has 0 radical (unpaired) electrons. The third-order valence-electron chi connectivity index (χ3n) is 3.80. The topological polar surface area (TPSA) is 29.5 Å². The van der Waals surface area contributed by atoms with E-state index in [9.17, 15) is 9.18 Å². The molecular weight excluding hydrogens is 281 g/mol. The van der Waals surface area contributed by atoms with E-state index in [0.717, 1.165) is 18.6 Å². The van der Waals surface area contributed by atoms with Crippen LogP contribution >= 0.6 is 0 Å². The van der Waals surface area contributed by atoms with E-state index in [4.69, 9.17) is 4.74 Å². The van der Waals surface area contributed by atoms with E-state index in [0.29, 0.717) is 18.7 Å². The number of halogens is 1. The lowest BCUT2D eigenvalue weighted by Crippen LogP contribution is -2.44. The maximum Gasteiger partial charge on any atom is 0.253 e. The summed E-state index contributed by atoms with van der Waals surface area (Å²) in [5.74, 6) is 0.422. The normalized spacial score (nSPS) is 18.0. The number of para-hydroxylation sites is 1. The molecule has 1 aliphatic rings. The van der Waals surface area contributed by atoms with Gasteiger partial charge < -0.3 is 9.64 Å². The number of amides is 1. The zero-order chi connectivity index (χ0) is 15.4. The summed E-state index contributed by atoms with van der Waals surface area (Å²) in [7, 11) is 0. The number of nitrogens with zero attached hydrogens (tertiary/aromatic N) is 1. The van der Waals surface area contributed by atoms with Crippen molar-refractivity contribution in [3.63, 3.8) is 0 Å². The second-order valence-electron chi connectivity index (χ2n) is 5.45. The molecular formula is C18H18FNO2. The smallest absolute Gasteiger partial charge is 0.253 e. The minimum absolute atomic E-state index is 0.000508. The van der Waals surface area contributed by atoms with E-state index in [1.54, 1.807) is 4.90 Å². The Bertz CT molecular complexity index is 627. The summed E-state index contributed by atoms with van der Waals surface area (Å²) in [4.78, 5) is 14.2. The van der Waals surface area contributed by atoms with Crippen LogP contribution in [0.25, 0.3) is 0 Å². The Hall–Kier alpha value is -2.36. The number of carbonyl (C=O) groups is 1. The number of likely N-dealkylation sites (tertiary alicyclic amines) is 1. The van der Waals surface area contributed by atoms with Crippen LogP contribution in [0, 0.1) is 5.82 Å². The van der Waals surface area contributed by atoms with E-state index < -0.39 is 0 Å². The number of benzene rings is 2. The van der Waals surface area contributed by atoms with Gasteiger partial charge in [-0.2, -0.15) is 0 Å². The van der Waals surface area contributed by atoms with Gasteiger partial charge in [-0.25, -0.2) is 4.39 Å². The molecule has 2 aromatic rings. The van der Waals surface area contributed by atoms with Gasteiger partial charge in [-0.3, -0.25) is 4.79 Å². The zero-order valence-corrected chi connectivity index (χ0v) is 12.2. The number of hydrogen-bond acceptors (Lipinski definition) is 2. The molecule has 0 aromatic heterocycles. The van der Waals surface area contributed by atoms with Gasteiger partial charge in [0.05, 0.1) is 6.54 Å². The maximum absolute atomic E-state index is 13.0. The molecule has 1 fully saturated rings. The van der Waals surface area contributed by atoms with Crippen molar-refractivity contribution >= 4 is 5.91 Å². The van der Waals surface area contributed by atoms with Crippen LogP contribution in [0.2, 0.25) is 0 Å². The molecule has 1 unspecified atom stereocenters. The molecule has 114 valence electrons. The summed E-state index contributed by atoms with van der Waals surface area (Å²) >= 11 is 0. The van der Waals surface area contributed by atoms with Gasteiger partial charge in [0.25, 0.3) is 5.91 Å². The van der Waals surface area contributed by atoms with Crippen molar-refractivity contribution in [2.24, 2.45) is 0 Å². The van der Waals surface area contributed by atoms with Crippen LogP contribution in [0.15, 0.2) is 54.6 Å². The molecule has 0 bridgehead atoms. The second kappa shape index (κ2) is 6.60. The van der Waals surface area contributed by atoms with Gasteiger partial charge >= 0.3 is 0 Å². The SMILES string of the molecule is O=C(c1ccc(F)cc1)N1CCCC(Oc2ccccc2)C1. The lowest BCUT2D eigenvalue weighted by molar-refractivity contribution is 0.0538. The minimum atomic E-state index is -0.333. The highest BCUT2D eigenvalue weighted by molar-refractivity contribution is 5.94. The monoisotopic (exact) mass is 299 g/mol. The lowest BCUT2D eigenvalue weighted by atomic mass is 10.1. The van der Waals surface area contributed by atoms with Gasteiger partial charge in [-0.15, -0.1) is 0 Å². The van der Waals surface area contributed by atoms with Gasteiger partial charge in [0, 0.05) is 12.1 Å². The molecule has 4 heteroatoms. The lowest BCUT2D eigenvalue weighted by Gasteiger charge is -2.33. The Morgan fingerprint density at radius 2 is 1.82 bits per heavy atom. The molecule has 22 heavy (non-hydrogen) atoms. The number of hydrogen-bond donors (Lipinski definition) is 0. The zero-order valence-electron chi connectivity index (χ0n) is 12.2. The molecule has 0 spiro atoms. The molecule has 1 amide bonds. The predicted octanol–water partition coefficient (Wildman–Crippen LogP) is 3.51. The maximum atomic E-state index is 13.0. The van der Waals surface area contributed by atoms with E-state index in [-0.39, 0.29) is 17.8 Å². The van der Waals surface area contributed by atoms with Crippen molar-refractivity contribution in [2.75, 3.05) is 13.1 Å². The Morgan fingerprint density at radius 3 is 2.55 bits per heavy atom. The summed E-state index contributed by atoms with van der Waals surface area (Å²) in [6.07, 6.45) is 1.84. The predicted molar refractivity (Wildman–Crippen MR) is 82.4 cm³/mol. The third kappa shape index (κ3) is 3.45. The summed E-state index contributed by atoms with van der Waals surface area (Å²) in [6.45, 7) is 1.27. The fourth-order valence-electron chi connectivity index (χ4n) is 2.69. The van der Waals surface area contributed by atoms with Crippen molar-refractivity contribution in [1.29, 1.82) is 0 Å². The van der Waals surface area contributed by atoms with Crippen LogP contribution in [0.1, 0.15) is 23.2 Å². The summed E-state index contributed by atoms with van der Waals surface area (Å²) in [6, 6.07) is 15.3. The first kappa shape index (κ1) is 14.6. The first-order chi connectivity index (χ1) is 10.7. The highest BCUT2D eigenvalue weighted by Gasteiger charge is 2.25. The molecule has 1 heterocycles. The molecule has 3 nitrogen and oxygen atoms in total. The average molecular weight is 299 g/mol. The average Bonchev–Trinajstić information content (AvgIpc) is 2.56. The largest absolute Gasteiger partial charge is 0.489 e. The van der Waals surface area contributed by atoms with Crippen molar-refractivity contribution in [3.8, 4) is 5.75 Å². The number of carbonyl (C=O) groups excluding carboxylic acids is 1. The van der Waals surface area contributed by atoms with Crippen LogP contribution in [-0.2, 0) is 0 Å². The van der Waals surface area contributed by atoms with E-state index >= 15 is 0 Å². The third-order valence-corrected chi connectivity index (χ3v) is 3.80. The molecule has 3 rings (SSSR count). The second-order valence-corrected chi connectivity index (χ2v) is 5.45. The van der Waals surface area contributed by atoms with Gasteiger partial charge in [0.2, 0.25) is 0 Å². The van der Waals surface area contributed by atoms with E-state index in [2.05, 4.69) is 0 Å². The molecule has 1 atom stereocenters. The van der Waals surface area contributed by atoms with Crippen molar-refractivity contribution in [3.05, 3.63) is 66.0 Å². The molecule has 0 saturated carbocycles. The Morgan fingerprint density at radius 1 is 1.09 bits per heavy atom. The summed E-state index contributed by atoms with van der Waals surface area (Å²) in [5.41, 5.74) is 0.516. The van der Waals surface area contributed by atoms with Crippen molar-refractivity contribution in [1.82, 2.24) is 4.90 Å². The summed E-state index contributed by atoms with van der Waals surface area (Å²) in [5, 5.41) is 0. The summed E-state index contributed by atoms with van der Waals surface area (Å²) < 4.78 is 18.9. The number of ether oxygens (including phenoxy) is 1. The molecule has 1 saturated heterocycles. The van der Waals surface area contributed by atoms with Crippen molar-refractivity contribution in [2.45, 2.75) is 18.9 Å². The fraction of sp³-hybridized carbons (Fsp3) is 0.278. The van der Waals surface area contributed by atoms with Crippen LogP contribution in [-0.4, -0.2) is 30.0 Å². The van der Waals surface area contributed by atoms with Crippen LogP contribution in [0.4, 0.5) is 4.39 Å². The molecule has 0 aliphatic carbocycles. The van der Waals surface area contributed by atoms with Gasteiger partial charge in [-0.05, 0) is 49.2 Å². The highest BCUT2D eigenvalue weighted by atomic mass is 19.1. The Labute approximate surface area is 129 Å². The van der Waals surface area contributed by atoms with Gasteiger partial charge in [0.1, 0.15) is 17.7 Å². The van der Waals surface area contributed by atoms with Gasteiger partial charge in [0.15, 0.2) is 0 Å². The van der Waals surface area contributed by atoms with Crippen LogP contribution in [0.3, 0.4) is 0 Å². The highest BCUT2D eigenvalue weighted by Crippen LogP contribution is 2.19. The first-order valence-corrected chi connectivity index (χ1v) is 7.49. The van der Waals surface area contributed by atoms with Gasteiger partial charge in [-0.1, -0.05) is 18.2 Å². The number of piperidine rings is 1. The van der Waals surface area contributed by atoms with Crippen molar-refractivity contribution < 1.29 is 13.9 Å². The number of rotatable bonds is 3. The molecule has 2 aromatic carbocycles. The molecule has 0 N–H and O–H groups in total. The standard InChI is InChI=1S/C18H18FNO2/c19-15-10-8-14(9-11-15)18(21)20-12-4-7-17(13-20)22-16-5-2-1-3-6-16/h1-3,5-6,8-11,17H,4,7,12-13H2. The minimum Gasteiger partial charge on any atom is -0.489 e.